The maximum atomic E-state index is 12.6. The Hall–Kier alpha value is -1.63. The van der Waals surface area contributed by atoms with Gasteiger partial charge in [-0.25, -0.2) is 0 Å². The number of carboxylic acids is 1. The van der Waals surface area contributed by atoms with E-state index in [0.29, 0.717) is 12.8 Å². The van der Waals surface area contributed by atoms with E-state index in [0.717, 1.165) is 19.3 Å². The second-order valence-corrected chi connectivity index (χ2v) is 8.68. The highest BCUT2D eigenvalue weighted by Crippen LogP contribution is 2.42. The predicted molar refractivity (Wildman–Crippen MR) is 96.0 cm³/mol. The third kappa shape index (κ3) is 5.97. The Morgan fingerprint density at radius 1 is 1.08 bits per heavy atom. The van der Waals surface area contributed by atoms with Crippen LogP contribution in [0.15, 0.2) is 0 Å². The van der Waals surface area contributed by atoms with E-state index in [-0.39, 0.29) is 12.3 Å². The third-order valence-electron chi connectivity index (χ3n) is 4.88. The highest BCUT2D eigenvalue weighted by atomic mass is 16.7. The van der Waals surface area contributed by atoms with Crippen LogP contribution in [0.25, 0.3) is 0 Å². The topological polar surface area (TPSA) is 116 Å². The van der Waals surface area contributed by atoms with Crippen molar-refractivity contribution in [3.63, 3.8) is 0 Å². The fourth-order valence-electron chi connectivity index (χ4n) is 3.17. The maximum absolute atomic E-state index is 12.6. The minimum absolute atomic E-state index is 0.169. The molecule has 0 saturated heterocycles. The van der Waals surface area contributed by atoms with Crippen LogP contribution in [0.2, 0.25) is 0 Å². The molecule has 0 bridgehead atoms. The zero-order valence-corrected chi connectivity index (χ0v) is 16.5. The first-order valence-corrected chi connectivity index (χ1v) is 9.28. The van der Waals surface area contributed by atoms with Gasteiger partial charge in [0, 0.05) is 11.3 Å². The summed E-state index contributed by atoms with van der Waals surface area (Å²) in [6.45, 7) is 8.68. The van der Waals surface area contributed by atoms with Crippen LogP contribution in [0.1, 0.15) is 73.1 Å². The molecule has 1 rings (SSSR count). The lowest BCUT2D eigenvalue weighted by atomic mass is 9.67. The molecule has 7 heteroatoms. The molecule has 0 radical (unpaired) electrons. The van der Waals surface area contributed by atoms with Crippen LogP contribution in [0.5, 0.6) is 0 Å². The number of hydrogen-bond donors (Lipinski definition) is 2. The van der Waals surface area contributed by atoms with Gasteiger partial charge in [0.05, 0.1) is 11.8 Å². The smallest absolute Gasteiger partial charge is 0.326 e. The number of hydrogen-bond acceptors (Lipinski definition) is 6. The summed E-state index contributed by atoms with van der Waals surface area (Å²) in [5, 5.41) is 9.26. The van der Waals surface area contributed by atoms with Crippen molar-refractivity contribution >= 4 is 17.9 Å². The number of carboxylic acid groups (broad SMARTS) is 1. The summed E-state index contributed by atoms with van der Waals surface area (Å²) in [4.78, 5) is 36.1. The molecule has 2 unspecified atom stereocenters. The summed E-state index contributed by atoms with van der Waals surface area (Å²) < 4.78 is 10.7. The van der Waals surface area contributed by atoms with E-state index in [2.05, 4.69) is 0 Å². The van der Waals surface area contributed by atoms with E-state index in [1.54, 1.807) is 34.6 Å². The molecule has 0 amide bonds. The molecule has 150 valence electrons. The van der Waals surface area contributed by atoms with Crippen LogP contribution in [0.4, 0.5) is 0 Å². The van der Waals surface area contributed by atoms with Crippen LogP contribution in [0, 0.1) is 16.7 Å². The van der Waals surface area contributed by atoms with Gasteiger partial charge in [-0.2, -0.15) is 0 Å². The van der Waals surface area contributed by atoms with Crippen LogP contribution in [0.3, 0.4) is 0 Å². The molecule has 1 aliphatic carbocycles. The van der Waals surface area contributed by atoms with E-state index in [1.807, 2.05) is 0 Å². The van der Waals surface area contributed by atoms with Crippen molar-refractivity contribution < 1.29 is 29.0 Å². The van der Waals surface area contributed by atoms with E-state index < -0.39 is 41.1 Å². The standard InChI is InChI=1S/C19H33NO6/c1-12(2)16(26-17(24)18(3,4)5)25-15(23)14(20)19(11-13(21)22)9-7-6-8-10-19/h12,14,16H,6-11,20H2,1-5H3,(H,21,22). The number of ether oxygens (including phenoxy) is 2. The summed E-state index contributed by atoms with van der Waals surface area (Å²) in [6, 6.07) is -1.06. The van der Waals surface area contributed by atoms with Crippen molar-refractivity contribution in [2.24, 2.45) is 22.5 Å². The first-order chi connectivity index (χ1) is 11.9. The van der Waals surface area contributed by atoms with Gasteiger partial charge in [-0.3, -0.25) is 14.4 Å². The summed E-state index contributed by atoms with van der Waals surface area (Å²) >= 11 is 0. The maximum Gasteiger partial charge on any atom is 0.326 e. The molecule has 0 aromatic rings. The van der Waals surface area contributed by atoms with Crippen LogP contribution in [-0.2, 0) is 23.9 Å². The molecule has 0 heterocycles. The van der Waals surface area contributed by atoms with Gasteiger partial charge in [0.1, 0.15) is 6.04 Å². The number of rotatable bonds is 7. The number of carbonyl (C=O) groups excluding carboxylic acids is 2. The summed E-state index contributed by atoms with van der Waals surface area (Å²) in [6.07, 6.45) is 2.60. The first kappa shape index (κ1) is 22.4. The van der Waals surface area contributed by atoms with Gasteiger partial charge in [0.2, 0.25) is 6.29 Å². The molecular weight excluding hydrogens is 338 g/mol. The minimum atomic E-state index is -1.06. The Morgan fingerprint density at radius 2 is 1.62 bits per heavy atom. The van der Waals surface area contributed by atoms with Crippen LogP contribution < -0.4 is 5.73 Å². The van der Waals surface area contributed by atoms with Gasteiger partial charge < -0.3 is 20.3 Å². The van der Waals surface area contributed by atoms with Crippen molar-refractivity contribution in [3.05, 3.63) is 0 Å². The number of esters is 2. The normalized spacial score (nSPS) is 19.5. The summed E-state index contributed by atoms with van der Waals surface area (Å²) in [5.74, 6) is -2.42. The van der Waals surface area contributed by atoms with Crippen molar-refractivity contribution in [3.8, 4) is 0 Å². The highest BCUT2D eigenvalue weighted by Gasteiger charge is 2.45. The lowest BCUT2D eigenvalue weighted by molar-refractivity contribution is -0.204. The molecule has 1 fully saturated rings. The molecule has 2 atom stereocenters. The Kier molecular flexibility index (Phi) is 7.62. The van der Waals surface area contributed by atoms with E-state index in [1.165, 1.54) is 0 Å². The van der Waals surface area contributed by atoms with Gasteiger partial charge in [-0.05, 0) is 33.6 Å². The first-order valence-electron chi connectivity index (χ1n) is 9.28. The fraction of sp³-hybridized carbons (Fsp3) is 0.842. The molecule has 7 nitrogen and oxygen atoms in total. The number of carbonyl (C=O) groups is 3. The van der Waals surface area contributed by atoms with Crippen LogP contribution >= 0.6 is 0 Å². The van der Waals surface area contributed by atoms with E-state index >= 15 is 0 Å². The van der Waals surface area contributed by atoms with Crippen molar-refractivity contribution in [1.29, 1.82) is 0 Å². The van der Waals surface area contributed by atoms with Gasteiger partial charge in [-0.15, -0.1) is 0 Å². The highest BCUT2D eigenvalue weighted by molar-refractivity contribution is 5.79. The lowest BCUT2D eigenvalue weighted by Gasteiger charge is -2.40. The SMILES string of the molecule is CC(C)C(OC(=O)C(N)C1(CC(=O)O)CCCCC1)OC(=O)C(C)(C)C. The molecule has 1 saturated carbocycles. The van der Waals surface area contributed by atoms with Crippen molar-refractivity contribution in [1.82, 2.24) is 0 Å². The largest absolute Gasteiger partial charge is 0.481 e. The molecular formula is C19H33NO6. The Labute approximate surface area is 155 Å². The molecule has 0 aromatic heterocycles. The zero-order valence-electron chi connectivity index (χ0n) is 16.5. The average Bonchev–Trinajstić information content (AvgIpc) is 2.52. The van der Waals surface area contributed by atoms with Crippen molar-refractivity contribution in [2.45, 2.75) is 85.5 Å². The van der Waals surface area contributed by atoms with E-state index in [4.69, 9.17) is 15.2 Å². The molecule has 3 N–H and O–H groups in total. The molecule has 1 aliphatic rings. The molecule has 0 aromatic carbocycles. The van der Waals surface area contributed by atoms with Crippen molar-refractivity contribution in [2.75, 3.05) is 0 Å². The number of nitrogens with two attached hydrogens (primary N) is 1. The minimum Gasteiger partial charge on any atom is -0.481 e. The Morgan fingerprint density at radius 3 is 2.04 bits per heavy atom. The fourth-order valence-corrected chi connectivity index (χ4v) is 3.17. The molecule has 26 heavy (non-hydrogen) atoms. The van der Waals surface area contributed by atoms with Gasteiger partial charge in [0.15, 0.2) is 0 Å². The Balaban J connectivity index is 2.89. The lowest BCUT2D eigenvalue weighted by Crippen LogP contribution is -2.51. The second-order valence-electron chi connectivity index (χ2n) is 8.68. The van der Waals surface area contributed by atoms with Gasteiger partial charge >= 0.3 is 17.9 Å². The third-order valence-corrected chi connectivity index (χ3v) is 4.88. The molecule has 0 spiro atoms. The summed E-state index contributed by atoms with van der Waals surface area (Å²) in [5.41, 5.74) is 4.63. The van der Waals surface area contributed by atoms with Crippen LogP contribution in [-0.4, -0.2) is 35.3 Å². The quantitative estimate of drug-likeness (QED) is 0.522. The van der Waals surface area contributed by atoms with Gasteiger partial charge in [-0.1, -0.05) is 33.1 Å². The second kappa shape index (κ2) is 8.84. The number of aliphatic carboxylic acids is 1. The summed E-state index contributed by atoms with van der Waals surface area (Å²) in [7, 11) is 0. The predicted octanol–water partition coefficient (Wildman–Crippen LogP) is 2.85. The Bertz CT molecular complexity index is 517. The zero-order chi connectivity index (χ0) is 20.1. The monoisotopic (exact) mass is 371 g/mol. The van der Waals surface area contributed by atoms with E-state index in [9.17, 15) is 19.5 Å². The average molecular weight is 371 g/mol. The molecule has 0 aliphatic heterocycles. The van der Waals surface area contributed by atoms with Gasteiger partial charge in [0.25, 0.3) is 0 Å².